The lowest BCUT2D eigenvalue weighted by atomic mass is 10.2. The summed E-state index contributed by atoms with van der Waals surface area (Å²) in [5, 5.41) is 0.581. The van der Waals surface area contributed by atoms with Crippen molar-refractivity contribution in [3.8, 4) is 0 Å². The maximum Gasteiger partial charge on any atom is 0.269 e. The van der Waals surface area contributed by atoms with Crippen LogP contribution in [-0.2, 0) is 11.2 Å². The van der Waals surface area contributed by atoms with Crippen LogP contribution in [0.4, 0.5) is 4.39 Å². The van der Waals surface area contributed by atoms with Crippen molar-refractivity contribution < 1.29 is 14.0 Å². The van der Waals surface area contributed by atoms with Crippen LogP contribution in [0.25, 0.3) is 10.2 Å². The molecule has 27 heavy (non-hydrogen) atoms. The summed E-state index contributed by atoms with van der Waals surface area (Å²) < 4.78 is 12.8. The molecule has 3 rings (SSSR count). The van der Waals surface area contributed by atoms with Gasteiger partial charge in [-0.1, -0.05) is 0 Å². The van der Waals surface area contributed by atoms with Crippen molar-refractivity contribution in [1.29, 1.82) is 0 Å². The summed E-state index contributed by atoms with van der Waals surface area (Å²) in [6.45, 7) is 3.81. The van der Waals surface area contributed by atoms with Crippen molar-refractivity contribution in [2.24, 2.45) is 0 Å². The standard InChI is InChI=1S/C18H17FN4O3S/c1-9-10(2)27-18-15(9)17(26)20-13(21-18)7-8-14(24)22-23-16(25)11-3-5-12(19)6-4-11/h3-6H,7-8H2,1-2H3,(H,22,24)(H,23,25)(H,20,21,26). The van der Waals surface area contributed by atoms with E-state index in [9.17, 15) is 18.8 Å². The van der Waals surface area contributed by atoms with E-state index < -0.39 is 17.6 Å². The lowest BCUT2D eigenvalue weighted by Gasteiger charge is -2.07. The molecule has 140 valence electrons. The number of aryl methyl sites for hydroxylation is 3. The van der Waals surface area contributed by atoms with Crippen LogP contribution in [0.3, 0.4) is 0 Å². The zero-order chi connectivity index (χ0) is 19.6. The third-order valence-electron chi connectivity index (χ3n) is 4.10. The highest BCUT2D eigenvalue weighted by Gasteiger charge is 2.13. The van der Waals surface area contributed by atoms with Gasteiger partial charge in [0.15, 0.2) is 0 Å². The Bertz CT molecular complexity index is 1070. The molecule has 0 aliphatic rings. The van der Waals surface area contributed by atoms with E-state index in [1.54, 1.807) is 0 Å². The second-order valence-corrected chi connectivity index (χ2v) is 7.19. The quantitative estimate of drug-likeness (QED) is 0.596. The van der Waals surface area contributed by atoms with E-state index in [1.165, 1.54) is 23.5 Å². The minimum atomic E-state index is -0.555. The maximum absolute atomic E-state index is 12.8. The number of fused-ring (bicyclic) bond motifs is 1. The number of nitrogens with zero attached hydrogens (tertiary/aromatic N) is 1. The maximum atomic E-state index is 12.8. The first kappa shape index (κ1) is 18.7. The average Bonchev–Trinajstić information content (AvgIpc) is 2.93. The molecule has 3 N–H and O–H groups in total. The van der Waals surface area contributed by atoms with Crippen molar-refractivity contribution in [1.82, 2.24) is 20.8 Å². The van der Waals surface area contributed by atoms with Gasteiger partial charge < -0.3 is 4.98 Å². The molecule has 0 aliphatic heterocycles. The minimum Gasteiger partial charge on any atom is -0.310 e. The highest BCUT2D eigenvalue weighted by molar-refractivity contribution is 7.18. The number of hydrogen-bond donors (Lipinski definition) is 3. The first-order valence-electron chi connectivity index (χ1n) is 8.19. The Labute approximate surface area is 157 Å². The van der Waals surface area contributed by atoms with Gasteiger partial charge in [-0.3, -0.25) is 25.2 Å². The highest BCUT2D eigenvalue weighted by Crippen LogP contribution is 2.25. The van der Waals surface area contributed by atoms with E-state index in [-0.39, 0.29) is 24.0 Å². The summed E-state index contributed by atoms with van der Waals surface area (Å²) in [6.07, 6.45) is 0.251. The van der Waals surface area contributed by atoms with Crippen LogP contribution in [-0.4, -0.2) is 21.8 Å². The summed E-state index contributed by atoms with van der Waals surface area (Å²) in [4.78, 5) is 44.7. The van der Waals surface area contributed by atoms with Gasteiger partial charge in [0.1, 0.15) is 16.5 Å². The van der Waals surface area contributed by atoms with Gasteiger partial charge in [-0.25, -0.2) is 9.37 Å². The van der Waals surface area contributed by atoms with E-state index in [1.807, 2.05) is 13.8 Å². The zero-order valence-electron chi connectivity index (χ0n) is 14.7. The summed E-state index contributed by atoms with van der Waals surface area (Å²) in [5.41, 5.74) is 5.45. The molecule has 0 saturated carbocycles. The molecule has 0 fully saturated rings. The van der Waals surface area contributed by atoms with E-state index in [0.717, 1.165) is 22.6 Å². The molecule has 1 aromatic carbocycles. The summed E-state index contributed by atoms with van der Waals surface area (Å²) in [6, 6.07) is 4.93. The van der Waals surface area contributed by atoms with E-state index in [0.29, 0.717) is 16.0 Å². The van der Waals surface area contributed by atoms with Crippen LogP contribution < -0.4 is 16.4 Å². The third kappa shape index (κ3) is 4.20. The summed E-state index contributed by atoms with van der Waals surface area (Å²) in [7, 11) is 0. The SMILES string of the molecule is Cc1sc2nc(CCC(=O)NNC(=O)c3ccc(F)cc3)[nH]c(=O)c2c1C. The number of nitrogens with one attached hydrogen (secondary N) is 3. The number of halogens is 1. The van der Waals surface area contributed by atoms with Gasteiger partial charge >= 0.3 is 0 Å². The molecule has 0 bridgehead atoms. The predicted molar refractivity (Wildman–Crippen MR) is 100 cm³/mol. The highest BCUT2D eigenvalue weighted by atomic mass is 32.1. The number of hydrazine groups is 1. The molecule has 9 heteroatoms. The second-order valence-electron chi connectivity index (χ2n) is 5.99. The Morgan fingerprint density at radius 2 is 1.89 bits per heavy atom. The van der Waals surface area contributed by atoms with Crippen LogP contribution in [0.5, 0.6) is 0 Å². The van der Waals surface area contributed by atoms with Crippen LogP contribution >= 0.6 is 11.3 Å². The van der Waals surface area contributed by atoms with Crippen LogP contribution in [0.15, 0.2) is 29.1 Å². The zero-order valence-corrected chi connectivity index (χ0v) is 15.5. The average molecular weight is 388 g/mol. The van der Waals surface area contributed by atoms with Crippen molar-refractivity contribution in [2.75, 3.05) is 0 Å². The van der Waals surface area contributed by atoms with Gasteiger partial charge in [0.05, 0.1) is 5.39 Å². The van der Waals surface area contributed by atoms with E-state index in [2.05, 4.69) is 20.8 Å². The molecule has 2 heterocycles. The number of amides is 2. The van der Waals surface area contributed by atoms with E-state index in [4.69, 9.17) is 0 Å². The minimum absolute atomic E-state index is 0.0293. The van der Waals surface area contributed by atoms with Crippen LogP contribution in [0.2, 0.25) is 0 Å². The normalized spacial score (nSPS) is 10.8. The predicted octanol–water partition coefficient (Wildman–Crippen LogP) is 2.13. The molecule has 2 amide bonds. The molecule has 7 nitrogen and oxygen atoms in total. The second kappa shape index (κ2) is 7.67. The summed E-state index contributed by atoms with van der Waals surface area (Å²) in [5.74, 6) is -1.04. The Morgan fingerprint density at radius 3 is 2.59 bits per heavy atom. The van der Waals surface area contributed by atoms with Gasteiger partial charge in [-0.05, 0) is 43.7 Å². The van der Waals surface area contributed by atoms with Gasteiger partial charge in [0.25, 0.3) is 11.5 Å². The molecule has 0 spiro atoms. The molecule has 3 aromatic rings. The van der Waals surface area contributed by atoms with Gasteiger partial charge in [-0.15, -0.1) is 11.3 Å². The lowest BCUT2D eigenvalue weighted by molar-refractivity contribution is -0.121. The Morgan fingerprint density at radius 1 is 1.19 bits per heavy atom. The number of aromatic amines is 1. The fraction of sp³-hybridized carbons (Fsp3) is 0.222. The van der Waals surface area contributed by atoms with Crippen molar-refractivity contribution in [3.63, 3.8) is 0 Å². The molecule has 0 atom stereocenters. The first-order valence-corrected chi connectivity index (χ1v) is 9.00. The van der Waals surface area contributed by atoms with Crippen LogP contribution in [0.1, 0.15) is 33.0 Å². The fourth-order valence-corrected chi connectivity index (χ4v) is 3.56. The Hall–Kier alpha value is -3.07. The van der Waals surface area contributed by atoms with Gasteiger partial charge in [-0.2, -0.15) is 0 Å². The molecule has 2 aromatic heterocycles. The smallest absolute Gasteiger partial charge is 0.269 e. The molecule has 0 unspecified atom stereocenters. The Kier molecular flexibility index (Phi) is 5.31. The van der Waals surface area contributed by atoms with Gasteiger partial charge in [0.2, 0.25) is 5.91 Å². The first-order chi connectivity index (χ1) is 12.8. The molecule has 0 radical (unpaired) electrons. The summed E-state index contributed by atoms with van der Waals surface area (Å²) >= 11 is 1.44. The monoisotopic (exact) mass is 388 g/mol. The van der Waals surface area contributed by atoms with E-state index >= 15 is 0 Å². The Balaban J connectivity index is 1.57. The third-order valence-corrected chi connectivity index (χ3v) is 5.20. The molecular formula is C18H17FN4O3S. The molecule has 0 aliphatic carbocycles. The molecule has 0 saturated heterocycles. The number of rotatable bonds is 4. The number of aromatic nitrogens is 2. The van der Waals surface area contributed by atoms with Crippen molar-refractivity contribution in [2.45, 2.75) is 26.7 Å². The number of thiophene rings is 1. The largest absolute Gasteiger partial charge is 0.310 e. The number of H-pyrrole nitrogens is 1. The lowest BCUT2D eigenvalue weighted by Crippen LogP contribution is -2.41. The molecular weight excluding hydrogens is 371 g/mol. The number of hydrogen-bond acceptors (Lipinski definition) is 5. The van der Waals surface area contributed by atoms with Gasteiger partial charge in [0, 0.05) is 23.3 Å². The van der Waals surface area contributed by atoms with Crippen molar-refractivity contribution >= 4 is 33.4 Å². The number of benzene rings is 1. The fourth-order valence-electron chi connectivity index (χ4n) is 2.51. The van der Waals surface area contributed by atoms with Crippen LogP contribution in [0, 0.1) is 19.7 Å². The van der Waals surface area contributed by atoms with Crippen molar-refractivity contribution in [3.05, 3.63) is 62.3 Å². The number of carbonyl (C=O) groups excluding carboxylic acids is 2. The topological polar surface area (TPSA) is 104 Å². The number of carbonyl (C=O) groups is 2.